The van der Waals surface area contributed by atoms with Gasteiger partial charge in [0.25, 0.3) is 0 Å². The van der Waals surface area contributed by atoms with Gasteiger partial charge < -0.3 is 14.8 Å². The van der Waals surface area contributed by atoms with E-state index in [-0.39, 0.29) is 17.9 Å². The molecule has 1 saturated carbocycles. The second-order valence-electron chi connectivity index (χ2n) is 6.61. The Morgan fingerprint density at radius 1 is 1.12 bits per heavy atom. The van der Waals surface area contributed by atoms with Gasteiger partial charge in [0, 0.05) is 5.92 Å². The van der Waals surface area contributed by atoms with Crippen LogP contribution in [-0.2, 0) is 4.79 Å². The Kier molecular flexibility index (Phi) is 7.41. The number of carbonyl (C=O) groups is 1. The summed E-state index contributed by atoms with van der Waals surface area (Å²) < 4.78 is 11.6. The summed E-state index contributed by atoms with van der Waals surface area (Å²) in [6, 6.07) is 5.94. The zero-order valence-electron chi connectivity index (χ0n) is 15.3. The maximum atomic E-state index is 12.3. The van der Waals surface area contributed by atoms with E-state index in [1.807, 2.05) is 25.1 Å². The summed E-state index contributed by atoms with van der Waals surface area (Å²) in [4.78, 5) is 12.3. The predicted octanol–water partition coefficient (Wildman–Crippen LogP) is 4.63. The number of amides is 1. The molecule has 4 heteroatoms. The third kappa shape index (κ3) is 5.15. The lowest BCUT2D eigenvalue weighted by Crippen LogP contribution is -2.31. The lowest BCUT2D eigenvalue weighted by Gasteiger charge is -2.19. The molecule has 1 fully saturated rings. The molecule has 2 rings (SSSR count). The van der Waals surface area contributed by atoms with Crippen LogP contribution in [0.2, 0.25) is 0 Å². The van der Waals surface area contributed by atoms with Crippen LogP contribution in [0.4, 0.5) is 0 Å². The highest BCUT2D eigenvalue weighted by molar-refractivity contribution is 5.79. The summed E-state index contributed by atoms with van der Waals surface area (Å²) in [5, 5.41) is 3.15. The van der Waals surface area contributed by atoms with Crippen molar-refractivity contribution in [2.75, 3.05) is 13.2 Å². The normalized spacial score (nSPS) is 16.0. The molecule has 0 saturated heterocycles. The first kappa shape index (κ1) is 18.6. The van der Waals surface area contributed by atoms with Crippen LogP contribution in [0.5, 0.6) is 11.5 Å². The van der Waals surface area contributed by atoms with E-state index >= 15 is 0 Å². The summed E-state index contributed by atoms with van der Waals surface area (Å²) in [7, 11) is 0. The monoisotopic (exact) mass is 333 g/mol. The van der Waals surface area contributed by atoms with Gasteiger partial charge in [-0.05, 0) is 50.3 Å². The molecular formula is C20H31NO3. The van der Waals surface area contributed by atoms with Gasteiger partial charge in [0.05, 0.1) is 19.3 Å². The Morgan fingerprint density at radius 2 is 1.75 bits per heavy atom. The largest absolute Gasteiger partial charge is 0.490 e. The molecule has 0 aromatic heterocycles. The van der Waals surface area contributed by atoms with Gasteiger partial charge in [0.1, 0.15) is 0 Å². The fourth-order valence-electron chi connectivity index (χ4n) is 3.05. The summed E-state index contributed by atoms with van der Waals surface area (Å²) in [5.74, 6) is 1.92. The van der Waals surface area contributed by atoms with Crippen LogP contribution >= 0.6 is 0 Å². The molecule has 1 amide bonds. The molecule has 24 heavy (non-hydrogen) atoms. The number of hydrogen-bond donors (Lipinski definition) is 1. The molecule has 1 aliphatic rings. The summed E-state index contributed by atoms with van der Waals surface area (Å²) >= 11 is 0. The highest BCUT2D eigenvalue weighted by Crippen LogP contribution is 2.31. The molecule has 1 unspecified atom stereocenters. The first-order chi connectivity index (χ1) is 11.7. The first-order valence-electron chi connectivity index (χ1n) is 9.35. The lowest BCUT2D eigenvalue weighted by atomic mass is 10.0. The SMILES string of the molecule is CCCOc1ccc(C(C)NC(=O)C2CCCC2)cc1OCCC. The Bertz CT molecular complexity index is 524. The predicted molar refractivity (Wildman–Crippen MR) is 96.5 cm³/mol. The van der Waals surface area contributed by atoms with Crippen LogP contribution in [-0.4, -0.2) is 19.1 Å². The van der Waals surface area contributed by atoms with Gasteiger partial charge in [0.2, 0.25) is 5.91 Å². The Balaban J connectivity index is 2.05. The smallest absolute Gasteiger partial charge is 0.223 e. The fraction of sp³-hybridized carbons (Fsp3) is 0.650. The van der Waals surface area contributed by atoms with Gasteiger partial charge >= 0.3 is 0 Å². The average molecular weight is 333 g/mol. The molecule has 0 aliphatic heterocycles. The van der Waals surface area contributed by atoms with Crippen LogP contribution in [0.3, 0.4) is 0 Å². The summed E-state index contributed by atoms with van der Waals surface area (Å²) in [5.41, 5.74) is 1.05. The summed E-state index contributed by atoms with van der Waals surface area (Å²) in [6.07, 6.45) is 6.30. The molecule has 1 aromatic carbocycles. The highest BCUT2D eigenvalue weighted by Gasteiger charge is 2.24. The van der Waals surface area contributed by atoms with Crippen molar-refractivity contribution in [3.05, 3.63) is 23.8 Å². The van der Waals surface area contributed by atoms with Gasteiger partial charge in [0.15, 0.2) is 11.5 Å². The molecule has 4 nitrogen and oxygen atoms in total. The Hall–Kier alpha value is -1.71. The number of nitrogens with one attached hydrogen (secondary N) is 1. The van der Waals surface area contributed by atoms with Crippen LogP contribution in [0.25, 0.3) is 0 Å². The van der Waals surface area contributed by atoms with E-state index in [1.54, 1.807) is 0 Å². The van der Waals surface area contributed by atoms with Crippen molar-refractivity contribution in [2.24, 2.45) is 5.92 Å². The van der Waals surface area contributed by atoms with Gasteiger partial charge in [-0.2, -0.15) is 0 Å². The second kappa shape index (κ2) is 9.55. The molecule has 1 atom stereocenters. The molecule has 1 aromatic rings. The van der Waals surface area contributed by atoms with Crippen molar-refractivity contribution < 1.29 is 14.3 Å². The van der Waals surface area contributed by atoms with Crippen LogP contribution in [0.15, 0.2) is 18.2 Å². The van der Waals surface area contributed by atoms with Crippen molar-refractivity contribution in [1.29, 1.82) is 0 Å². The lowest BCUT2D eigenvalue weighted by molar-refractivity contribution is -0.125. The van der Waals surface area contributed by atoms with E-state index in [0.717, 1.165) is 42.7 Å². The van der Waals surface area contributed by atoms with Gasteiger partial charge in [-0.3, -0.25) is 4.79 Å². The fourth-order valence-corrected chi connectivity index (χ4v) is 3.05. The molecule has 0 heterocycles. The number of hydrogen-bond acceptors (Lipinski definition) is 3. The average Bonchev–Trinajstić information content (AvgIpc) is 3.13. The maximum Gasteiger partial charge on any atom is 0.223 e. The zero-order chi connectivity index (χ0) is 17.4. The van der Waals surface area contributed by atoms with E-state index in [0.29, 0.717) is 13.2 Å². The minimum absolute atomic E-state index is 0.0256. The first-order valence-corrected chi connectivity index (χ1v) is 9.35. The minimum Gasteiger partial charge on any atom is -0.490 e. The third-order valence-electron chi connectivity index (χ3n) is 4.48. The number of carbonyl (C=O) groups excluding carboxylic acids is 1. The van der Waals surface area contributed by atoms with E-state index in [9.17, 15) is 4.79 Å². The zero-order valence-corrected chi connectivity index (χ0v) is 15.3. The van der Waals surface area contributed by atoms with Crippen molar-refractivity contribution in [1.82, 2.24) is 5.32 Å². The van der Waals surface area contributed by atoms with Crippen LogP contribution in [0.1, 0.15) is 70.9 Å². The topological polar surface area (TPSA) is 47.6 Å². The number of ether oxygens (including phenoxy) is 2. The molecule has 1 aliphatic carbocycles. The molecule has 1 N–H and O–H groups in total. The molecule has 0 bridgehead atoms. The number of rotatable bonds is 9. The van der Waals surface area contributed by atoms with E-state index in [4.69, 9.17) is 9.47 Å². The Labute approximate surface area is 145 Å². The van der Waals surface area contributed by atoms with Gasteiger partial charge in [-0.25, -0.2) is 0 Å². The van der Waals surface area contributed by atoms with Crippen molar-refractivity contribution in [3.63, 3.8) is 0 Å². The third-order valence-corrected chi connectivity index (χ3v) is 4.48. The van der Waals surface area contributed by atoms with Gasteiger partial charge in [-0.15, -0.1) is 0 Å². The van der Waals surface area contributed by atoms with E-state index in [1.165, 1.54) is 12.8 Å². The maximum absolute atomic E-state index is 12.3. The van der Waals surface area contributed by atoms with Crippen molar-refractivity contribution >= 4 is 5.91 Å². The van der Waals surface area contributed by atoms with Crippen molar-refractivity contribution in [2.45, 2.75) is 65.3 Å². The second-order valence-corrected chi connectivity index (χ2v) is 6.61. The summed E-state index contributed by atoms with van der Waals surface area (Å²) in [6.45, 7) is 7.53. The highest BCUT2D eigenvalue weighted by atomic mass is 16.5. The molecule has 134 valence electrons. The van der Waals surface area contributed by atoms with Gasteiger partial charge in [-0.1, -0.05) is 32.8 Å². The quantitative estimate of drug-likeness (QED) is 0.716. The van der Waals surface area contributed by atoms with E-state index < -0.39 is 0 Å². The molecule has 0 radical (unpaired) electrons. The van der Waals surface area contributed by atoms with Crippen LogP contribution < -0.4 is 14.8 Å². The minimum atomic E-state index is -0.0256. The Morgan fingerprint density at radius 3 is 2.38 bits per heavy atom. The molecule has 0 spiro atoms. The molecular weight excluding hydrogens is 302 g/mol. The standard InChI is InChI=1S/C20H31NO3/c1-4-12-23-18-11-10-17(14-19(18)24-13-5-2)15(3)21-20(22)16-8-6-7-9-16/h10-11,14-16H,4-9,12-13H2,1-3H3,(H,21,22). The number of benzene rings is 1. The van der Waals surface area contributed by atoms with Crippen molar-refractivity contribution in [3.8, 4) is 11.5 Å². The van der Waals surface area contributed by atoms with E-state index in [2.05, 4.69) is 19.2 Å². The van der Waals surface area contributed by atoms with Crippen LogP contribution in [0, 0.1) is 5.92 Å².